The summed E-state index contributed by atoms with van der Waals surface area (Å²) in [5.41, 5.74) is 2.38. The fraction of sp³-hybridized carbons (Fsp3) is 0.429. The number of piperidine rings is 1. The minimum absolute atomic E-state index is 0.165. The van der Waals surface area contributed by atoms with E-state index < -0.39 is 0 Å². The van der Waals surface area contributed by atoms with E-state index in [2.05, 4.69) is 16.1 Å². The molecule has 1 aliphatic rings. The molecule has 0 spiro atoms. The SMILES string of the molecule is Cc1cn(C2CCNCC2)c2ccc([N+](=O)[O-])cc12. The molecule has 0 aliphatic carbocycles. The summed E-state index contributed by atoms with van der Waals surface area (Å²) in [5.74, 6) is 0. The van der Waals surface area contributed by atoms with Crippen LogP contribution in [0.3, 0.4) is 0 Å². The summed E-state index contributed by atoms with van der Waals surface area (Å²) in [6.07, 6.45) is 4.35. The number of nitrogens with zero attached hydrogens (tertiary/aromatic N) is 2. The second kappa shape index (κ2) is 4.66. The first kappa shape index (κ1) is 12.2. The molecular formula is C14H17N3O2. The van der Waals surface area contributed by atoms with Crippen LogP contribution in [0.1, 0.15) is 24.4 Å². The van der Waals surface area contributed by atoms with E-state index in [0.29, 0.717) is 6.04 Å². The Bertz CT molecular complexity index is 627. The van der Waals surface area contributed by atoms with Crippen molar-refractivity contribution in [3.05, 3.63) is 40.1 Å². The topological polar surface area (TPSA) is 60.1 Å². The molecule has 0 radical (unpaired) electrons. The van der Waals surface area contributed by atoms with Crippen LogP contribution < -0.4 is 5.32 Å². The third-order valence-electron chi connectivity index (χ3n) is 3.93. The van der Waals surface area contributed by atoms with Gasteiger partial charge in [0.2, 0.25) is 0 Å². The van der Waals surface area contributed by atoms with Crippen molar-refractivity contribution in [2.45, 2.75) is 25.8 Å². The monoisotopic (exact) mass is 259 g/mol. The Balaban J connectivity index is 2.08. The number of benzene rings is 1. The van der Waals surface area contributed by atoms with E-state index in [1.165, 1.54) is 0 Å². The third-order valence-corrected chi connectivity index (χ3v) is 3.93. The fourth-order valence-corrected chi connectivity index (χ4v) is 2.91. The van der Waals surface area contributed by atoms with Gasteiger partial charge in [-0.3, -0.25) is 10.1 Å². The molecule has 5 heteroatoms. The molecule has 1 aliphatic heterocycles. The highest BCUT2D eigenvalue weighted by Crippen LogP contribution is 2.30. The van der Waals surface area contributed by atoms with E-state index in [1.54, 1.807) is 12.1 Å². The molecule has 5 nitrogen and oxygen atoms in total. The predicted molar refractivity (Wildman–Crippen MR) is 74.5 cm³/mol. The van der Waals surface area contributed by atoms with Crippen molar-refractivity contribution in [3.63, 3.8) is 0 Å². The lowest BCUT2D eigenvalue weighted by Gasteiger charge is -2.25. The molecule has 2 heterocycles. The molecule has 1 aromatic heterocycles. The van der Waals surface area contributed by atoms with Crippen LogP contribution in [0.5, 0.6) is 0 Å². The van der Waals surface area contributed by atoms with Gasteiger partial charge in [0.15, 0.2) is 0 Å². The number of aromatic nitrogens is 1. The molecule has 1 N–H and O–H groups in total. The van der Waals surface area contributed by atoms with E-state index >= 15 is 0 Å². The lowest BCUT2D eigenvalue weighted by atomic mass is 10.1. The average Bonchev–Trinajstić information content (AvgIpc) is 2.77. The maximum atomic E-state index is 10.9. The minimum atomic E-state index is -0.333. The maximum Gasteiger partial charge on any atom is 0.270 e. The summed E-state index contributed by atoms with van der Waals surface area (Å²) >= 11 is 0. The lowest BCUT2D eigenvalue weighted by molar-refractivity contribution is -0.384. The quantitative estimate of drug-likeness (QED) is 0.666. The number of hydrogen-bond acceptors (Lipinski definition) is 3. The number of nitro groups is 1. The van der Waals surface area contributed by atoms with Gasteiger partial charge in [-0.25, -0.2) is 0 Å². The number of nitrogens with one attached hydrogen (secondary N) is 1. The molecule has 1 saturated heterocycles. The average molecular weight is 259 g/mol. The summed E-state index contributed by atoms with van der Waals surface area (Å²) in [6.45, 7) is 4.09. The van der Waals surface area contributed by atoms with Gasteiger partial charge >= 0.3 is 0 Å². The van der Waals surface area contributed by atoms with Gasteiger partial charge in [-0.1, -0.05) is 0 Å². The van der Waals surface area contributed by atoms with Gasteiger partial charge in [0, 0.05) is 35.3 Å². The highest BCUT2D eigenvalue weighted by atomic mass is 16.6. The molecule has 1 aromatic carbocycles. The van der Waals surface area contributed by atoms with E-state index in [9.17, 15) is 10.1 Å². The Hall–Kier alpha value is -1.88. The molecule has 0 atom stereocenters. The largest absolute Gasteiger partial charge is 0.344 e. The number of hydrogen-bond donors (Lipinski definition) is 1. The normalized spacial score (nSPS) is 16.9. The van der Waals surface area contributed by atoms with Crippen LogP contribution in [0.15, 0.2) is 24.4 Å². The Morgan fingerprint density at radius 2 is 2.11 bits per heavy atom. The third kappa shape index (κ3) is 2.10. The van der Waals surface area contributed by atoms with Crippen LogP contribution in [0.2, 0.25) is 0 Å². The second-order valence-corrected chi connectivity index (χ2v) is 5.16. The standard InChI is InChI=1S/C14H17N3O2/c1-10-9-16(11-4-6-15-7-5-11)14-3-2-12(17(18)19)8-13(10)14/h2-3,8-9,11,15H,4-7H2,1H3. The number of non-ortho nitro benzene ring substituents is 1. The van der Waals surface area contributed by atoms with Crippen molar-refractivity contribution in [1.29, 1.82) is 0 Å². The van der Waals surface area contributed by atoms with Crippen LogP contribution in [0, 0.1) is 17.0 Å². The van der Waals surface area contributed by atoms with Crippen molar-refractivity contribution in [2.24, 2.45) is 0 Å². The highest BCUT2D eigenvalue weighted by Gasteiger charge is 2.19. The van der Waals surface area contributed by atoms with E-state index in [0.717, 1.165) is 42.4 Å². The zero-order valence-electron chi connectivity index (χ0n) is 10.9. The first-order valence-corrected chi connectivity index (χ1v) is 6.63. The van der Waals surface area contributed by atoms with Crippen molar-refractivity contribution in [2.75, 3.05) is 13.1 Å². The van der Waals surface area contributed by atoms with Gasteiger partial charge < -0.3 is 9.88 Å². The second-order valence-electron chi connectivity index (χ2n) is 5.16. The van der Waals surface area contributed by atoms with Crippen molar-refractivity contribution < 1.29 is 4.92 Å². The van der Waals surface area contributed by atoms with Gasteiger partial charge in [-0.05, 0) is 44.5 Å². The molecule has 19 heavy (non-hydrogen) atoms. The molecular weight excluding hydrogens is 242 g/mol. The number of rotatable bonds is 2. The Morgan fingerprint density at radius 3 is 2.79 bits per heavy atom. The molecule has 2 aromatic rings. The molecule has 100 valence electrons. The van der Waals surface area contributed by atoms with Crippen LogP contribution in [-0.4, -0.2) is 22.6 Å². The Labute approximate surface area is 111 Å². The molecule has 0 amide bonds. The Kier molecular flexibility index (Phi) is 2.98. The van der Waals surface area contributed by atoms with Crippen LogP contribution in [0.4, 0.5) is 5.69 Å². The summed E-state index contributed by atoms with van der Waals surface area (Å²) in [4.78, 5) is 10.5. The molecule has 1 fully saturated rings. The van der Waals surface area contributed by atoms with Crippen LogP contribution in [0.25, 0.3) is 10.9 Å². The minimum Gasteiger partial charge on any atom is -0.344 e. The van der Waals surface area contributed by atoms with Crippen LogP contribution >= 0.6 is 0 Å². The zero-order valence-corrected chi connectivity index (χ0v) is 10.9. The van der Waals surface area contributed by atoms with Crippen LogP contribution in [-0.2, 0) is 0 Å². The van der Waals surface area contributed by atoms with Crippen molar-refractivity contribution in [3.8, 4) is 0 Å². The summed E-state index contributed by atoms with van der Waals surface area (Å²) < 4.78 is 2.29. The molecule has 0 saturated carbocycles. The smallest absolute Gasteiger partial charge is 0.270 e. The van der Waals surface area contributed by atoms with Crippen molar-refractivity contribution >= 4 is 16.6 Å². The van der Waals surface area contributed by atoms with Gasteiger partial charge in [0.25, 0.3) is 5.69 Å². The van der Waals surface area contributed by atoms with E-state index in [1.807, 2.05) is 13.0 Å². The number of aryl methyl sites for hydroxylation is 1. The first-order chi connectivity index (χ1) is 9.16. The first-order valence-electron chi connectivity index (χ1n) is 6.63. The maximum absolute atomic E-state index is 10.9. The number of fused-ring (bicyclic) bond motifs is 1. The van der Waals surface area contributed by atoms with Gasteiger partial charge in [0.05, 0.1) is 4.92 Å². The summed E-state index contributed by atoms with van der Waals surface area (Å²) in [6, 6.07) is 5.66. The number of nitro benzene ring substituents is 1. The van der Waals surface area contributed by atoms with Crippen molar-refractivity contribution in [1.82, 2.24) is 9.88 Å². The van der Waals surface area contributed by atoms with E-state index in [4.69, 9.17) is 0 Å². The Morgan fingerprint density at radius 1 is 1.37 bits per heavy atom. The summed E-state index contributed by atoms with van der Waals surface area (Å²) in [7, 11) is 0. The van der Waals surface area contributed by atoms with Gasteiger partial charge in [0.1, 0.15) is 0 Å². The highest BCUT2D eigenvalue weighted by molar-refractivity contribution is 5.86. The fourth-order valence-electron chi connectivity index (χ4n) is 2.91. The predicted octanol–water partition coefficient (Wildman–Crippen LogP) is 2.78. The molecule has 0 bridgehead atoms. The zero-order chi connectivity index (χ0) is 13.4. The molecule has 0 unspecified atom stereocenters. The summed E-state index contributed by atoms with van der Waals surface area (Å²) in [5, 5.41) is 15.2. The van der Waals surface area contributed by atoms with Gasteiger partial charge in [-0.2, -0.15) is 0 Å². The van der Waals surface area contributed by atoms with E-state index in [-0.39, 0.29) is 10.6 Å². The molecule has 3 rings (SSSR count). The lowest BCUT2D eigenvalue weighted by Crippen LogP contribution is -2.29. The van der Waals surface area contributed by atoms with Gasteiger partial charge in [-0.15, -0.1) is 0 Å².